The van der Waals surface area contributed by atoms with E-state index in [1.807, 2.05) is 27.7 Å². The minimum atomic E-state index is -0.687. The van der Waals surface area contributed by atoms with Crippen molar-refractivity contribution in [3.05, 3.63) is 0 Å². The predicted octanol–water partition coefficient (Wildman–Crippen LogP) is 2.54. The van der Waals surface area contributed by atoms with E-state index in [1.54, 1.807) is 7.05 Å². The van der Waals surface area contributed by atoms with Crippen molar-refractivity contribution in [2.45, 2.75) is 59.0 Å². The number of rotatable bonds is 4. The van der Waals surface area contributed by atoms with Gasteiger partial charge in [0.05, 0.1) is 18.4 Å². The monoisotopic (exact) mass is 285 g/mol. The van der Waals surface area contributed by atoms with Gasteiger partial charge in [-0.2, -0.15) is 0 Å². The van der Waals surface area contributed by atoms with Crippen LogP contribution in [0, 0.1) is 11.3 Å². The van der Waals surface area contributed by atoms with Crippen LogP contribution < -0.4 is 0 Å². The Hall–Kier alpha value is -1.10. The maximum absolute atomic E-state index is 12.6. The highest BCUT2D eigenvalue weighted by atomic mass is 16.7. The molecule has 1 rings (SSSR count). The molecule has 1 aliphatic rings. The molecule has 1 aliphatic carbocycles. The first-order valence-electron chi connectivity index (χ1n) is 7.23. The molecule has 5 nitrogen and oxygen atoms in total. The molecule has 1 fully saturated rings. The van der Waals surface area contributed by atoms with Crippen LogP contribution in [0.1, 0.15) is 53.4 Å². The number of carbonyl (C=O) groups excluding carboxylic acids is 2. The van der Waals surface area contributed by atoms with Gasteiger partial charge < -0.3 is 4.74 Å². The summed E-state index contributed by atoms with van der Waals surface area (Å²) < 4.78 is 5.49. The molecule has 1 unspecified atom stereocenters. The summed E-state index contributed by atoms with van der Waals surface area (Å²) in [6.45, 7) is 7.48. The third-order valence-electron chi connectivity index (χ3n) is 4.09. The van der Waals surface area contributed by atoms with E-state index < -0.39 is 11.0 Å². The third-order valence-corrected chi connectivity index (χ3v) is 4.09. The second kappa shape index (κ2) is 6.12. The summed E-state index contributed by atoms with van der Waals surface area (Å²) in [5, 5.41) is 1.23. The molecule has 1 amide bonds. The third kappa shape index (κ3) is 3.32. The zero-order chi connectivity index (χ0) is 15.6. The number of esters is 1. The molecule has 0 saturated heterocycles. The Balaban J connectivity index is 3.00. The number of nitrogens with zero attached hydrogens (tertiary/aromatic N) is 1. The number of amides is 1. The number of hydrogen-bond acceptors (Lipinski definition) is 4. The van der Waals surface area contributed by atoms with Gasteiger partial charge in [-0.25, -0.2) is 5.06 Å². The highest BCUT2D eigenvalue weighted by Crippen LogP contribution is 2.48. The number of ether oxygens (including phenoxy) is 1. The predicted molar refractivity (Wildman–Crippen MR) is 75.7 cm³/mol. The standard InChI is InChI=1S/C15H27NO4/c1-7-15(13(18)16(5)19-6)10-8-9-11(15)12(17)20-14(2,3)4/h11H,7-10H2,1-6H3/t11?,15-/m1/s1. The Bertz CT molecular complexity index is 375. The van der Waals surface area contributed by atoms with E-state index >= 15 is 0 Å². The van der Waals surface area contributed by atoms with Crippen molar-refractivity contribution in [2.75, 3.05) is 14.2 Å². The van der Waals surface area contributed by atoms with Gasteiger partial charge in [0.1, 0.15) is 5.60 Å². The van der Waals surface area contributed by atoms with E-state index in [1.165, 1.54) is 12.2 Å². The molecule has 0 aromatic rings. The highest BCUT2D eigenvalue weighted by molar-refractivity contribution is 5.89. The summed E-state index contributed by atoms with van der Waals surface area (Å²) in [6, 6.07) is 0. The smallest absolute Gasteiger partial charge is 0.310 e. The van der Waals surface area contributed by atoms with E-state index in [2.05, 4.69) is 0 Å². The first kappa shape index (κ1) is 17.0. The van der Waals surface area contributed by atoms with Crippen molar-refractivity contribution in [3.8, 4) is 0 Å². The van der Waals surface area contributed by atoms with Crippen LogP contribution in [0.3, 0.4) is 0 Å². The molecule has 0 aliphatic heterocycles. The van der Waals surface area contributed by atoms with Gasteiger partial charge in [-0.15, -0.1) is 0 Å². The number of carbonyl (C=O) groups is 2. The Morgan fingerprint density at radius 1 is 1.35 bits per heavy atom. The van der Waals surface area contributed by atoms with Gasteiger partial charge in [0.25, 0.3) is 5.91 Å². The van der Waals surface area contributed by atoms with Gasteiger partial charge in [0.2, 0.25) is 0 Å². The molecular weight excluding hydrogens is 258 g/mol. The molecule has 0 N–H and O–H groups in total. The number of hydroxylamine groups is 2. The molecule has 116 valence electrons. The van der Waals surface area contributed by atoms with E-state index in [9.17, 15) is 9.59 Å². The molecule has 0 bridgehead atoms. The normalized spacial score (nSPS) is 26.4. The topological polar surface area (TPSA) is 55.8 Å². The maximum atomic E-state index is 12.6. The first-order valence-corrected chi connectivity index (χ1v) is 7.23. The van der Waals surface area contributed by atoms with Crippen molar-refractivity contribution in [3.63, 3.8) is 0 Å². The second-order valence-corrected chi connectivity index (χ2v) is 6.47. The first-order chi connectivity index (χ1) is 9.18. The van der Waals surface area contributed by atoms with Crippen LogP contribution in [-0.2, 0) is 19.2 Å². The SMILES string of the molecule is CC[C@@]1(C(=O)N(C)OC)CCCC1C(=O)OC(C)(C)C. The summed E-state index contributed by atoms with van der Waals surface area (Å²) in [5.74, 6) is -0.776. The van der Waals surface area contributed by atoms with Gasteiger partial charge in [-0.3, -0.25) is 14.4 Å². The van der Waals surface area contributed by atoms with Crippen LogP contribution in [-0.4, -0.2) is 36.7 Å². The molecule has 0 radical (unpaired) electrons. The molecule has 0 aromatic heterocycles. The van der Waals surface area contributed by atoms with Crippen molar-refractivity contribution >= 4 is 11.9 Å². The minimum absolute atomic E-state index is 0.129. The largest absolute Gasteiger partial charge is 0.460 e. The average Bonchev–Trinajstić information content (AvgIpc) is 2.79. The Morgan fingerprint density at radius 2 is 1.95 bits per heavy atom. The van der Waals surface area contributed by atoms with Crippen LogP contribution in [0.2, 0.25) is 0 Å². The summed E-state index contributed by atoms with van der Waals surface area (Å²) in [7, 11) is 3.04. The molecule has 20 heavy (non-hydrogen) atoms. The van der Waals surface area contributed by atoms with E-state index in [-0.39, 0.29) is 17.8 Å². The lowest BCUT2D eigenvalue weighted by molar-refractivity contribution is -0.188. The Kier molecular flexibility index (Phi) is 5.19. The van der Waals surface area contributed by atoms with Gasteiger partial charge in [0, 0.05) is 7.05 Å². The van der Waals surface area contributed by atoms with E-state index in [0.29, 0.717) is 19.3 Å². The molecule has 1 saturated carbocycles. The quantitative estimate of drug-likeness (QED) is 0.588. The fourth-order valence-corrected chi connectivity index (χ4v) is 3.02. The van der Waals surface area contributed by atoms with E-state index in [4.69, 9.17) is 9.57 Å². The molecule has 0 aromatic carbocycles. The summed E-state index contributed by atoms with van der Waals surface area (Å²) >= 11 is 0. The van der Waals surface area contributed by atoms with Crippen LogP contribution in [0.5, 0.6) is 0 Å². The summed E-state index contributed by atoms with van der Waals surface area (Å²) in [4.78, 5) is 30.0. The molecular formula is C15H27NO4. The maximum Gasteiger partial charge on any atom is 0.310 e. The zero-order valence-electron chi connectivity index (χ0n) is 13.5. The van der Waals surface area contributed by atoms with Crippen LogP contribution >= 0.6 is 0 Å². The lowest BCUT2D eigenvalue weighted by atomic mass is 9.74. The van der Waals surface area contributed by atoms with Crippen LogP contribution in [0.25, 0.3) is 0 Å². The lowest BCUT2D eigenvalue weighted by Gasteiger charge is -2.35. The van der Waals surface area contributed by atoms with Crippen LogP contribution in [0.4, 0.5) is 0 Å². The molecule has 5 heteroatoms. The van der Waals surface area contributed by atoms with Gasteiger partial charge in [-0.1, -0.05) is 13.3 Å². The summed E-state index contributed by atoms with van der Waals surface area (Å²) in [6.07, 6.45) is 2.89. The van der Waals surface area contributed by atoms with Crippen LogP contribution in [0.15, 0.2) is 0 Å². The van der Waals surface area contributed by atoms with E-state index in [0.717, 1.165) is 6.42 Å². The second-order valence-electron chi connectivity index (χ2n) is 6.47. The fraction of sp³-hybridized carbons (Fsp3) is 0.867. The highest BCUT2D eigenvalue weighted by Gasteiger charge is 2.53. The van der Waals surface area contributed by atoms with Gasteiger partial charge in [0.15, 0.2) is 0 Å². The molecule has 0 spiro atoms. The van der Waals surface area contributed by atoms with Crippen molar-refractivity contribution in [1.82, 2.24) is 5.06 Å². The zero-order valence-corrected chi connectivity index (χ0v) is 13.5. The molecule has 0 heterocycles. The fourth-order valence-electron chi connectivity index (χ4n) is 3.02. The molecule has 2 atom stereocenters. The Labute approximate surface area is 121 Å². The lowest BCUT2D eigenvalue weighted by Crippen LogP contribution is -2.47. The van der Waals surface area contributed by atoms with Gasteiger partial charge >= 0.3 is 5.97 Å². The van der Waals surface area contributed by atoms with Gasteiger partial charge in [-0.05, 0) is 40.0 Å². The van der Waals surface area contributed by atoms with Crippen molar-refractivity contribution < 1.29 is 19.2 Å². The van der Waals surface area contributed by atoms with Crippen molar-refractivity contribution in [2.24, 2.45) is 11.3 Å². The number of hydrogen-bond donors (Lipinski definition) is 0. The minimum Gasteiger partial charge on any atom is -0.460 e. The summed E-state index contributed by atoms with van der Waals surface area (Å²) in [5.41, 5.74) is -1.22. The Morgan fingerprint density at radius 3 is 2.40 bits per heavy atom. The van der Waals surface area contributed by atoms with Crippen molar-refractivity contribution in [1.29, 1.82) is 0 Å². The average molecular weight is 285 g/mol.